The van der Waals surface area contributed by atoms with Gasteiger partial charge in [0.25, 0.3) is 0 Å². The van der Waals surface area contributed by atoms with Gasteiger partial charge in [-0.3, -0.25) is 0 Å². The van der Waals surface area contributed by atoms with Crippen LogP contribution in [0.25, 0.3) is 0 Å². The minimum Gasteiger partial charge on any atom is -0.457 e. The molecular weight excluding hydrogens is 236 g/mol. The maximum absolute atomic E-state index is 8.98. The minimum atomic E-state index is 0.324. The highest BCUT2D eigenvalue weighted by atomic mass is 16.5. The highest BCUT2D eigenvalue weighted by Gasteiger charge is 2.07. The Labute approximate surface area is 112 Å². The van der Waals surface area contributed by atoms with Crippen molar-refractivity contribution < 1.29 is 4.74 Å². The van der Waals surface area contributed by atoms with Crippen LogP contribution in [-0.2, 0) is 0 Å². The van der Waals surface area contributed by atoms with Crippen molar-refractivity contribution in [1.82, 2.24) is 0 Å². The van der Waals surface area contributed by atoms with Crippen molar-refractivity contribution >= 4 is 0 Å². The van der Waals surface area contributed by atoms with E-state index >= 15 is 0 Å². The number of rotatable bonds is 2. The maximum Gasteiger partial charge on any atom is 0.130 e. The standard InChI is InChI=1S/C16H12N2O/c1-11-4-3-5-16(12(11)2)19-15-7-6-13(9-17)14(8-15)10-18/h3-8H,1-2H3. The summed E-state index contributed by atoms with van der Waals surface area (Å²) < 4.78 is 5.77. The van der Waals surface area contributed by atoms with Crippen molar-refractivity contribution in [2.45, 2.75) is 13.8 Å². The summed E-state index contributed by atoms with van der Waals surface area (Å²) in [4.78, 5) is 0. The summed E-state index contributed by atoms with van der Waals surface area (Å²) in [5, 5.41) is 17.9. The van der Waals surface area contributed by atoms with Crippen molar-refractivity contribution in [3.8, 4) is 23.6 Å². The van der Waals surface area contributed by atoms with Gasteiger partial charge in [-0.05, 0) is 49.2 Å². The fourth-order valence-electron chi connectivity index (χ4n) is 1.74. The van der Waals surface area contributed by atoms with Crippen LogP contribution in [0.4, 0.5) is 0 Å². The van der Waals surface area contributed by atoms with E-state index in [4.69, 9.17) is 15.3 Å². The monoisotopic (exact) mass is 248 g/mol. The van der Waals surface area contributed by atoms with Crippen LogP contribution in [0.5, 0.6) is 11.5 Å². The van der Waals surface area contributed by atoms with Gasteiger partial charge in [-0.1, -0.05) is 12.1 Å². The number of benzene rings is 2. The van der Waals surface area contributed by atoms with Crippen LogP contribution in [0.1, 0.15) is 22.3 Å². The Morgan fingerprint density at radius 2 is 1.68 bits per heavy atom. The molecule has 0 saturated carbocycles. The number of hydrogen-bond acceptors (Lipinski definition) is 3. The molecule has 2 aromatic carbocycles. The van der Waals surface area contributed by atoms with Crippen molar-refractivity contribution in [2.75, 3.05) is 0 Å². The molecule has 92 valence electrons. The summed E-state index contributed by atoms with van der Waals surface area (Å²) in [5.74, 6) is 1.32. The van der Waals surface area contributed by atoms with Crippen molar-refractivity contribution in [3.63, 3.8) is 0 Å². The SMILES string of the molecule is Cc1cccc(Oc2ccc(C#N)c(C#N)c2)c1C. The summed E-state index contributed by atoms with van der Waals surface area (Å²) in [7, 11) is 0. The lowest BCUT2D eigenvalue weighted by Gasteiger charge is -2.10. The normalized spacial score (nSPS) is 9.47. The Morgan fingerprint density at radius 3 is 2.37 bits per heavy atom. The number of hydrogen-bond donors (Lipinski definition) is 0. The molecule has 0 aromatic heterocycles. The summed E-state index contributed by atoms with van der Waals surface area (Å²) >= 11 is 0. The van der Waals surface area contributed by atoms with Crippen LogP contribution in [0.15, 0.2) is 36.4 Å². The first-order valence-electron chi connectivity index (χ1n) is 5.84. The molecule has 0 aliphatic rings. The summed E-state index contributed by atoms with van der Waals surface area (Å²) in [6.07, 6.45) is 0. The zero-order chi connectivity index (χ0) is 13.8. The molecule has 2 aromatic rings. The van der Waals surface area contributed by atoms with E-state index in [1.165, 1.54) is 0 Å². The fraction of sp³-hybridized carbons (Fsp3) is 0.125. The summed E-state index contributed by atoms with van der Waals surface area (Å²) in [5.41, 5.74) is 2.89. The molecule has 0 aliphatic carbocycles. The van der Waals surface area contributed by atoms with E-state index < -0.39 is 0 Å². The van der Waals surface area contributed by atoms with Crippen LogP contribution >= 0.6 is 0 Å². The van der Waals surface area contributed by atoms with E-state index in [0.29, 0.717) is 16.9 Å². The molecule has 0 amide bonds. The fourth-order valence-corrected chi connectivity index (χ4v) is 1.74. The first-order chi connectivity index (χ1) is 9.15. The van der Waals surface area contributed by atoms with Gasteiger partial charge < -0.3 is 4.74 Å². The minimum absolute atomic E-state index is 0.324. The third kappa shape index (κ3) is 2.56. The molecule has 0 spiro atoms. The highest BCUT2D eigenvalue weighted by Crippen LogP contribution is 2.27. The van der Waals surface area contributed by atoms with Gasteiger partial charge in [0.1, 0.15) is 23.6 Å². The molecule has 0 fully saturated rings. The number of nitrogens with zero attached hydrogens (tertiary/aromatic N) is 2. The molecule has 2 rings (SSSR count). The summed E-state index contributed by atoms with van der Waals surface area (Å²) in [6, 6.07) is 14.7. The second-order valence-corrected chi connectivity index (χ2v) is 4.23. The van der Waals surface area contributed by atoms with Gasteiger partial charge in [0.2, 0.25) is 0 Å². The van der Waals surface area contributed by atoms with E-state index in [1.807, 2.05) is 44.2 Å². The number of aryl methyl sites for hydroxylation is 1. The second kappa shape index (κ2) is 5.25. The predicted octanol–water partition coefficient (Wildman–Crippen LogP) is 3.84. The molecule has 0 bridgehead atoms. The van der Waals surface area contributed by atoms with Crippen LogP contribution in [0, 0.1) is 36.5 Å². The Hall–Kier alpha value is -2.78. The molecule has 0 saturated heterocycles. The zero-order valence-electron chi connectivity index (χ0n) is 10.8. The van der Waals surface area contributed by atoms with Gasteiger partial charge >= 0.3 is 0 Å². The van der Waals surface area contributed by atoms with Crippen molar-refractivity contribution in [1.29, 1.82) is 10.5 Å². The third-order valence-corrected chi connectivity index (χ3v) is 3.01. The van der Waals surface area contributed by atoms with Crippen molar-refractivity contribution in [2.24, 2.45) is 0 Å². The van der Waals surface area contributed by atoms with Crippen LogP contribution in [0.3, 0.4) is 0 Å². The first-order valence-corrected chi connectivity index (χ1v) is 5.84. The lowest BCUT2D eigenvalue weighted by atomic mass is 10.1. The molecule has 0 aliphatic heterocycles. The van der Waals surface area contributed by atoms with Crippen LogP contribution < -0.4 is 4.74 Å². The van der Waals surface area contributed by atoms with E-state index in [1.54, 1.807) is 18.2 Å². The average Bonchev–Trinajstić information content (AvgIpc) is 2.43. The molecule has 0 heterocycles. The highest BCUT2D eigenvalue weighted by molar-refractivity contribution is 5.50. The Balaban J connectivity index is 2.38. The molecule has 0 radical (unpaired) electrons. The molecule has 0 unspecified atom stereocenters. The van der Waals surface area contributed by atoms with Crippen molar-refractivity contribution in [3.05, 3.63) is 58.7 Å². The van der Waals surface area contributed by atoms with E-state index in [2.05, 4.69) is 0 Å². The number of ether oxygens (including phenoxy) is 1. The Kier molecular flexibility index (Phi) is 3.50. The second-order valence-electron chi connectivity index (χ2n) is 4.23. The first kappa shape index (κ1) is 12.7. The quantitative estimate of drug-likeness (QED) is 0.811. The van der Waals surface area contributed by atoms with Crippen LogP contribution in [0.2, 0.25) is 0 Å². The van der Waals surface area contributed by atoms with E-state index in [9.17, 15) is 0 Å². The lowest BCUT2D eigenvalue weighted by Crippen LogP contribution is -1.91. The van der Waals surface area contributed by atoms with Crippen LogP contribution in [-0.4, -0.2) is 0 Å². The largest absolute Gasteiger partial charge is 0.457 e. The lowest BCUT2D eigenvalue weighted by molar-refractivity contribution is 0.478. The molecule has 3 nitrogen and oxygen atoms in total. The van der Waals surface area contributed by atoms with Gasteiger partial charge in [-0.25, -0.2) is 0 Å². The summed E-state index contributed by atoms with van der Waals surface area (Å²) in [6.45, 7) is 4.00. The van der Waals surface area contributed by atoms with E-state index in [0.717, 1.165) is 16.9 Å². The molecular formula is C16H12N2O. The Morgan fingerprint density at radius 1 is 0.947 bits per heavy atom. The predicted molar refractivity (Wildman–Crippen MR) is 71.9 cm³/mol. The Bertz CT molecular complexity index is 706. The third-order valence-electron chi connectivity index (χ3n) is 3.01. The molecule has 3 heteroatoms. The van der Waals surface area contributed by atoms with Gasteiger partial charge in [-0.2, -0.15) is 10.5 Å². The zero-order valence-corrected chi connectivity index (χ0v) is 10.8. The molecule has 19 heavy (non-hydrogen) atoms. The maximum atomic E-state index is 8.98. The van der Waals surface area contributed by atoms with Gasteiger partial charge in [0, 0.05) is 0 Å². The van der Waals surface area contributed by atoms with Gasteiger partial charge in [0.15, 0.2) is 0 Å². The molecule has 0 atom stereocenters. The average molecular weight is 248 g/mol. The smallest absolute Gasteiger partial charge is 0.130 e. The van der Waals surface area contributed by atoms with E-state index in [-0.39, 0.29) is 0 Å². The topological polar surface area (TPSA) is 56.8 Å². The van der Waals surface area contributed by atoms with Gasteiger partial charge in [-0.15, -0.1) is 0 Å². The molecule has 0 N–H and O–H groups in total. The number of nitriles is 2. The van der Waals surface area contributed by atoms with Gasteiger partial charge in [0.05, 0.1) is 11.1 Å².